The molecule has 3 nitrogen and oxygen atoms in total. The van der Waals surface area contributed by atoms with Gasteiger partial charge in [0.1, 0.15) is 6.61 Å². The van der Waals surface area contributed by atoms with Gasteiger partial charge < -0.3 is 21.6 Å². The Hall–Kier alpha value is -2.10. The number of ether oxygens (including phenoxy) is 1. The van der Waals surface area contributed by atoms with Gasteiger partial charge in [-0.1, -0.05) is 66.7 Å². The lowest BCUT2D eigenvalue weighted by molar-refractivity contribution is -0.877. The zero-order valence-corrected chi connectivity index (χ0v) is 14.9. The zero-order chi connectivity index (χ0) is 16.5. The van der Waals surface area contributed by atoms with Gasteiger partial charge in [0.2, 0.25) is 0 Å². The fourth-order valence-corrected chi connectivity index (χ4v) is 2.24. The highest BCUT2D eigenvalue weighted by Gasteiger charge is 2.19. The van der Waals surface area contributed by atoms with E-state index in [-0.39, 0.29) is 18.4 Å². The molecule has 2 aromatic rings. The lowest BCUT2D eigenvalue weighted by Gasteiger charge is -2.27. The molecule has 0 unspecified atom stereocenters. The summed E-state index contributed by atoms with van der Waals surface area (Å²) in [6.45, 7) is 1.46. The van der Waals surface area contributed by atoms with Gasteiger partial charge in [-0.15, -0.1) is 0 Å². The second-order valence-electron chi connectivity index (χ2n) is 6.24. The van der Waals surface area contributed by atoms with Crippen molar-refractivity contribution in [2.24, 2.45) is 0 Å². The Kier molecular flexibility index (Phi) is 8.24. The van der Waals surface area contributed by atoms with Crippen molar-refractivity contribution in [2.45, 2.75) is 6.61 Å². The predicted molar refractivity (Wildman–Crippen MR) is 93.6 cm³/mol. The van der Waals surface area contributed by atoms with Gasteiger partial charge in [-0.25, -0.2) is 4.79 Å². The van der Waals surface area contributed by atoms with Crippen LogP contribution >= 0.6 is 0 Å². The van der Waals surface area contributed by atoms with Crippen LogP contribution in [0, 0.1) is 0 Å². The molecule has 0 fully saturated rings. The van der Waals surface area contributed by atoms with Crippen molar-refractivity contribution < 1.29 is 26.4 Å². The minimum Gasteiger partial charge on any atom is -1.00 e. The fraction of sp³-hybridized carbons (Fsp3) is 0.250. The normalized spacial score (nSPS) is 11.1. The standard InChI is InChI=1S/C20H24NO2.ClH/c1-21(2,15-9-14-18-10-5-3-6-11-18)16-20(22)23-17-19-12-7-4-8-13-19;/h3-14H,15-17H2,1-2H3;1H/q+1;/p-1/b14-9+;. The van der Waals surface area contributed by atoms with E-state index in [9.17, 15) is 4.79 Å². The number of quaternary nitrogens is 1. The van der Waals surface area contributed by atoms with Gasteiger partial charge in [-0.05, 0) is 17.2 Å². The first-order chi connectivity index (χ1) is 11.1. The summed E-state index contributed by atoms with van der Waals surface area (Å²) in [6.07, 6.45) is 4.18. The van der Waals surface area contributed by atoms with Gasteiger partial charge in [0.25, 0.3) is 0 Å². The van der Waals surface area contributed by atoms with Crippen LogP contribution in [0.2, 0.25) is 0 Å². The Morgan fingerprint density at radius 2 is 1.58 bits per heavy atom. The number of carbonyl (C=O) groups excluding carboxylic acids is 1. The summed E-state index contributed by atoms with van der Waals surface area (Å²) in [5, 5.41) is 0. The molecule has 0 aliphatic carbocycles. The van der Waals surface area contributed by atoms with E-state index in [1.54, 1.807) is 0 Å². The van der Waals surface area contributed by atoms with Crippen LogP contribution in [0.5, 0.6) is 0 Å². The number of benzene rings is 2. The molecule has 0 saturated heterocycles. The number of likely N-dealkylation sites (N-methyl/N-ethyl adjacent to an activating group) is 1. The number of halogens is 1. The number of hydrogen-bond donors (Lipinski definition) is 0. The maximum absolute atomic E-state index is 12.0. The summed E-state index contributed by atoms with van der Waals surface area (Å²) in [7, 11) is 4.05. The summed E-state index contributed by atoms with van der Waals surface area (Å²) >= 11 is 0. The fourth-order valence-electron chi connectivity index (χ4n) is 2.24. The second-order valence-corrected chi connectivity index (χ2v) is 6.24. The third-order valence-electron chi connectivity index (χ3n) is 3.51. The first-order valence-corrected chi connectivity index (χ1v) is 7.78. The quantitative estimate of drug-likeness (QED) is 0.540. The zero-order valence-electron chi connectivity index (χ0n) is 14.2. The van der Waals surface area contributed by atoms with Crippen LogP contribution in [0.1, 0.15) is 11.1 Å². The van der Waals surface area contributed by atoms with Crippen LogP contribution in [0.25, 0.3) is 6.08 Å². The first kappa shape index (κ1) is 19.9. The molecule has 0 atom stereocenters. The highest BCUT2D eigenvalue weighted by Crippen LogP contribution is 2.05. The molecule has 4 heteroatoms. The van der Waals surface area contributed by atoms with E-state index in [1.165, 1.54) is 5.56 Å². The number of hydrogen-bond acceptors (Lipinski definition) is 2. The molecule has 0 amide bonds. The average Bonchev–Trinajstić information content (AvgIpc) is 2.54. The Morgan fingerprint density at radius 3 is 2.21 bits per heavy atom. The second kappa shape index (κ2) is 9.91. The van der Waals surface area contributed by atoms with E-state index in [4.69, 9.17) is 4.74 Å². The van der Waals surface area contributed by atoms with E-state index in [1.807, 2.05) is 62.6 Å². The number of nitrogens with zero attached hydrogens (tertiary/aromatic N) is 1. The van der Waals surface area contributed by atoms with E-state index in [0.29, 0.717) is 17.6 Å². The van der Waals surface area contributed by atoms with Crippen LogP contribution in [0.4, 0.5) is 0 Å². The van der Waals surface area contributed by atoms with Crippen molar-refractivity contribution in [3.8, 4) is 0 Å². The summed E-state index contributed by atoms with van der Waals surface area (Å²) in [5.41, 5.74) is 2.18. The summed E-state index contributed by atoms with van der Waals surface area (Å²) in [5.74, 6) is -0.174. The van der Waals surface area contributed by atoms with Gasteiger partial charge >= 0.3 is 5.97 Å². The molecule has 24 heavy (non-hydrogen) atoms. The summed E-state index contributed by atoms with van der Waals surface area (Å²) < 4.78 is 5.92. The minimum atomic E-state index is -0.174. The van der Waals surface area contributed by atoms with Gasteiger partial charge in [0.15, 0.2) is 6.54 Å². The maximum Gasteiger partial charge on any atom is 0.362 e. The van der Waals surface area contributed by atoms with Gasteiger partial charge in [0, 0.05) is 0 Å². The highest BCUT2D eigenvalue weighted by atomic mass is 35.5. The summed E-state index contributed by atoms with van der Waals surface area (Å²) in [6, 6.07) is 19.9. The van der Waals surface area contributed by atoms with E-state index in [2.05, 4.69) is 24.3 Å². The molecule has 0 aliphatic rings. The smallest absolute Gasteiger partial charge is 0.362 e. The van der Waals surface area contributed by atoms with Gasteiger partial charge in [0.05, 0.1) is 20.6 Å². The number of rotatable bonds is 7. The first-order valence-electron chi connectivity index (χ1n) is 7.78. The molecule has 0 spiro atoms. The molecule has 0 radical (unpaired) electrons. The molecule has 0 bridgehead atoms. The molecule has 2 rings (SSSR count). The van der Waals surface area contributed by atoms with E-state index < -0.39 is 0 Å². The van der Waals surface area contributed by atoms with Crippen LogP contribution in [0.3, 0.4) is 0 Å². The van der Waals surface area contributed by atoms with Crippen molar-refractivity contribution in [3.05, 3.63) is 77.9 Å². The minimum absolute atomic E-state index is 0. The van der Waals surface area contributed by atoms with Crippen LogP contribution in [0.15, 0.2) is 66.7 Å². The molecule has 0 N–H and O–H groups in total. The van der Waals surface area contributed by atoms with Crippen LogP contribution in [-0.4, -0.2) is 37.6 Å². The van der Waals surface area contributed by atoms with Crippen molar-refractivity contribution in [3.63, 3.8) is 0 Å². The molecule has 0 saturated carbocycles. The topological polar surface area (TPSA) is 26.3 Å². The highest BCUT2D eigenvalue weighted by molar-refractivity contribution is 5.70. The SMILES string of the molecule is C[N+](C)(C/C=C/c1ccccc1)CC(=O)OCc1ccccc1.[Cl-]. The van der Waals surface area contributed by atoms with E-state index in [0.717, 1.165) is 12.1 Å². The lowest BCUT2D eigenvalue weighted by Crippen LogP contribution is -3.00. The molecule has 2 aromatic carbocycles. The molecule has 128 valence electrons. The molecular weight excluding hydrogens is 322 g/mol. The Balaban J connectivity index is 0.00000288. The van der Waals surface area contributed by atoms with Crippen molar-refractivity contribution >= 4 is 12.0 Å². The third kappa shape index (κ3) is 7.44. The predicted octanol–water partition coefficient (Wildman–Crippen LogP) is 0.524. The Labute approximate surface area is 150 Å². The monoisotopic (exact) mass is 345 g/mol. The number of esters is 1. The maximum atomic E-state index is 12.0. The van der Waals surface area contributed by atoms with Crippen molar-refractivity contribution in [1.82, 2.24) is 0 Å². The lowest BCUT2D eigenvalue weighted by atomic mass is 10.2. The molecule has 0 aromatic heterocycles. The van der Waals surface area contributed by atoms with Gasteiger partial charge in [-0.2, -0.15) is 0 Å². The molecule has 0 aliphatic heterocycles. The summed E-state index contributed by atoms with van der Waals surface area (Å²) in [4.78, 5) is 12.0. The molecular formula is C20H24ClNO2. The Morgan fingerprint density at radius 1 is 1.00 bits per heavy atom. The molecule has 0 heterocycles. The largest absolute Gasteiger partial charge is 1.00 e. The van der Waals surface area contributed by atoms with Crippen LogP contribution < -0.4 is 12.4 Å². The van der Waals surface area contributed by atoms with Crippen molar-refractivity contribution in [2.75, 3.05) is 27.2 Å². The van der Waals surface area contributed by atoms with Crippen molar-refractivity contribution in [1.29, 1.82) is 0 Å². The average molecular weight is 346 g/mol. The third-order valence-corrected chi connectivity index (χ3v) is 3.51. The van der Waals surface area contributed by atoms with Crippen LogP contribution in [-0.2, 0) is 16.1 Å². The van der Waals surface area contributed by atoms with Gasteiger partial charge in [-0.3, -0.25) is 0 Å². The number of carbonyl (C=O) groups is 1. The van der Waals surface area contributed by atoms with E-state index >= 15 is 0 Å². The Bertz CT molecular complexity index is 639.